The monoisotopic (exact) mass is 343 g/mol. The second-order valence-electron chi connectivity index (χ2n) is 5.99. The minimum Gasteiger partial charge on any atom is -0.376 e. The molecule has 1 unspecified atom stereocenters. The first-order valence-corrected chi connectivity index (χ1v) is 8.09. The lowest BCUT2D eigenvalue weighted by Gasteiger charge is -2.36. The first-order chi connectivity index (χ1) is 11.6. The van der Waals surface area contributed by atoms with Crippen molar-refractivity contribution in [1.82, 2.24) is 10.2 Å². The van der Waals surface area contributed by atoms with Gasteiger partial charge in [0.1, 0.15) is 0 Å². The molecule has 0 saturated carbocycles. The number of nitrogens with zero attached hydrogens (tertiary/aromatic N) is 2. The molecule has 0 radical (unpaired) electrons. The van der Waals surface area contributed by atoms with Crippen LogP contribution in [0.4, 0.5) is 23.7 Å². The molecule has 2 saturated heterocycles. The summed E-state index contributed by atoms with van der Waals surface area (Å²) in [4.78, 5) is 15.4. The van der Waals surface area contributed by atoms with Crippen molar-refractivity contribution >= 4 is 11.7 Å². The Morgan fingerprint density at radius 2 is 1.92 bits per heavy atom. The van der Waals surface area contributed by atoms with E-state index in [1.807, 2.05) is 0 Å². The highest BCUT2D eigenvalue weighted by atomic mass is 19.2. The number of amides is 2. The Labute approximate surface area is 138 Å². The SMILES string of the molecule is O=C(NCC1CCCO1)N1CCN(c2ccc(F)c(F)c2F)CC1. The Hall–Kier alpha value is -1.96. The molecule has 2 fully saturated rings. The number of benzene rings is 1. The molecule has 132 valence electrons. The molecular weight excluding hydrogens is 323 g/mol. The van der Waals surface area contributed by atoms with Crippen LogP contribution in [-0.2, 0) is 4.74 Å². The van der Waals surface area contributed by atoms with Crippen molar-refractivity contribution in [3.63, 3.8) is 0 Å². The lowest BCUT2D eigenvalue weighted by molar-refractivity contribution is 0.108. The van der Waals surface area contributed by atoms with Crippen LogP contribution in [0, 0.1) is 17.5 Å². The standard InChI is InChI=1S/C16H20F3N3O2/c17-12-3-4-13(15(19)14(12)18)21-5-7-22(8-6-21)16(23)20-10-11-2-1-9-24-11/h3-4,11H,1-2,5-10H2,(H,20,23). The Kier molecular flexibility index (Phi) is 5.13. The van der Waals surface area contributed by atoms with E-state index in [-0.39, 0.29) is 17.8 Å². The Balaban J connectivity index is 1.52. The summed E-state index contributed by atoms with van der Waals surface area (Å²) in [5.74, 6) is -3.86. The van der Waals surface area contributed by atoms with E-state index < -0.39 is 17.5 Å². The van der Waals surface area contributed by atoms with Crippen molar-refractivity contribution in [1.29, 1.82) is 0 Å². The van der Waals surface area contributed by atoms with Crippen molar-refractivity contribution in [3.05, 3.63) is 29.6 Å². The fourth-order valence-electron chi connectivity index (χ4n) is 3.03. The fraction of sp³-hybridized carbons (Fsp3) is 0.562. The van der Waals surface area contributed by atoms with E-state index in [0.29, 0.717) is 32.7 Å². The highest BCUT2D eigenvalue weighted by Gasteiger charge is 2.25. The molecular formula is C16H20F3N3O2. The number of carbonyl (C=O) groups is 1. The van der Waals surface area contributed by atoms with Crippen molar-refractivity contribution in [2.45, 2.75) is 18.9 Å². The number of urea groups is 1. The van der Waals surface area contributed by atoms with Crippen LogP contribution in [-0.4, -0.2) is 56.4 Å². The van der Waals surface area contributed by atoms with Crippen molar-refractivity contribution in [2.24, 2.45) is 0 Å². The third kappa shape index (κ3) is 3.58. The summed E-state index contributed by atoms with van der Waals surface area (Å²) in [6.45, 7) is 2.70. The lowest BCUT2D eigenvalue weighted by Crippen LogP contribution is -2.52. The van der Waals surface area contributed by atoms with E-state index >= 15 is 0 Å². The zero-order chi connectivity index (χ0) is 17.1. The first kappa shape index (κ1) is 16.9. The van der Waals surface area contributed by atoms with Gasteiger partial charge in [0.15, 0.2) is 17.5 Å². The van der Waals surface area contributed by atoms with E-state index in [1.54, 1.807) is 9.80 Å². The van der Waals surface area contributed by atoms with E-state index in [9.17, 15) is 18.0 Å². The molecule has 3 rings (SSSR count). The van der Waals surface area contributed by atoms with Crippen LogP contribution in [0.5, 0.6) is 0 Å². The minimum atomic E-state index is -1.47. The lowest BCUT2D eigenvalue weighted by atomic mass is 10.2. The van der Waals surface area contributed by atoms with Gasteiger partial charge >= 0.3 is 6.03 Å². The molecule has 8 heteroatoms. The quantitative estimate of drug-likeness (QED) is 0.855. The Bertz CT molecular complexity index is 600. The summed E-state index contributed by atoms with van der Waals surface area (Å²) in [5, 5.41) is 2.84. The smallest absolute Gasteiger partial charge is 0.317 e. The third-order valence-corrected chi connectivity index (χ3v) is 4.43. The molecule has 0 aromatic heterocycles. The Morgan fingerprint density at radius 3 is 2.58 bits per heavy atom. The number of piperazine rings is 1. The summed E-state index contributed by atoms with van der Waals surface area (Å²) in [6.07, 6.45) is 2.04. The molecule has 0 bridgehead atoms. The van der Waals surface area contributed by atoms with Crippen LogP contribution in [0.25, 0.3) is 0 Å². The van der Waals surface area contributed by atoms with Gasteiger partial charge in [0.05, 0.1) is 11.8 Å². The van der Waals surface area contributed by atoms with Gasteiger partial charge < -0.3 is 19.9 Å². The number of carbonyl (C=O) groups excluding carboxylic acids is 1. The van der Waals surface area contributed by atoms with Gasteiger partial charge in [-0.25, -0.2) is 18.0 Å². The molecule has 1 atom stereocenters. The summed E-state index contributed by atoms with van der Waals surface area (Å²) in [6, 6.07) is 1.95. The van der Waals surface area contributed by atoms with Crippen molar-refractivity contribution < 1.29 is 22.7 Å². The normalized spacial score (nSPS) is 21.2. The molecule has 2 aliphatic heterocycles. The highest BCUT2D eigenvalue weighted by Crippen LogP contribution is 2.24. The van der Waals surface area contributed by atoms with Crippen LogP contribution in [0.2, 0.25) is 0 Å². The maximum atomic E-state index is 13.8. The molecule has 1 aromatic rings. The fourth-order valence-corrected chi connectivity index (χ4v) is 3.03. The summed E-state index contributed by atoms with van der Waals surface area (Å²) >= 11 is 0. The zero-order valence-electron chi connectivity index (χ0n) is 13.2. The maximum Gasteiger partial charge on any atom is 0.317 e. The average molecular weight is 343 g/mol. The molecule has 2 amide bonds. The van der Waals surface area contributed by atoms with Gasteiger partial charge in [-0.2, -0.15) is 0 Å². The largest absolute Gasteiger partial charge is 0.376 e. The zero-order valence-corrected chi connectivity index (χ0v) is 13.2. The van der Waals surface area contributed by atoms with Gasteiger partial charge in [0.2, 0.25) is 0 Å². The average Bonchev–Trinajstić information content (AvgIpc) is 3.11. The van der Waals surface area contributed by atoms with Crippen LogP contribution in [0.3, 0.4) is 0 Å². The second-order valence-corrected chi connectivity index (χ2v) is 5.99. The topological polar surface area (TPSA) is 44.8 Å². The first-order valence-electron chi connectivity index (χ1n) is 8.09. The predicted octanol–water partition coefficient (Wildman–Crippen LogP) is 2.11. The number of ether oxygens (including phenoxy) is 1. The molecule has 2 heterocycles. The van der Waals surface area contributed by atoms with E-state index in [1.165, 1.54) is 6.07 Å². The van der Waals surface area contributed by atoms with Crippen LogP contribution >= 0.6 is 0 Å². The number of hydrogen-bond donors (Lipinski definition) is 1. The van der Waals surface area contributed by atoms with Crippen LogP contribution < -0.4 is 10.2 Å². The highest BCUT2D eigenvalue weighted by molar-refractivity contribution is 5.74. The van der Waals surface area contributed by atoms with Gasteiger partial charge in [-0.05, 0) is 25.0 Å². The van der Waals surface area contributed by atoms with Gasteiger partial charge in [-0.15, -0.1) is 0 Å². The third-order valence-electron chi connectivity index (χ3n) is 4.43. The molecule has 24 heavy (non-hydrogen) atoms. The molecule has 5 nitrogen and oxygen atoms in total. The molecule has 1 aromatic carbocycles. The van der Waals surface area contributed by atoms with Gasteiger partial charge in [-0.1, -0.05) is 0 Å². The molecule has 0 aliphatic carbocycles. The van der Waals surface area contributed by atoms with Crippen LogP contribution in [0.15, 0.2) is 12.1 Å². The van der Waals surface area contributed by atoms with Crippen LogP contribution in [0.1, 0.15) is 12.8 Å². The minimum absolute atomic E-state index is 0.0216. The van der Waals surface area contributed by atoms with E-state index in [0.717, 1.165) is 25.5 Å². The van der Waals surface area contributed by atoms with Crippen molar-refractivity contribution in [3.8, 4) is 0 Å². The number of halogens is 3. The van der Waals surface area contributed by atoms with E-state index in [2.05, 4.69) is 5.32 Å². The molecule has 1 N–H and O–H groups in total. The predicted molar refractivity (Wildman–Crippen MR) is 82.5 cm³/mol. The number of rotatable bonds is 3. The van der Waals surface area contributed by atoms with Gasteiger partial charge in [0, 0.05) is 39.3 Å². The number of nitrogens with one attached hydrogen (secondary N) is 1. The van der Waals surface area contributed by atoms with Gasteiger partial charge in [0.25, 0.3) is 0 Å². The number of anilines is 1. The maximum absolute atomic E-state index is 13.8. The summed E-state index contributed by atoms with van der Waals surface area (Å²) in [5.41, 5.74) is 0.0216. The summed E-state index contributed by atoms with van der Waals surface area (Å²) in [7, 11) is 0. The molecule has 2 aliphatic rings. The molecule has 0 spiro atoms. The summed E-state index contributed by atoms with van der Waals surface area (Å²) < 4.78 is 45.6. The number of hydrogen-bond acceptors (Lipinski definition) is 3. The van der Waals surface area contributed by atoms with Gasteiger partial charge in [-0.3, -0.25) is 0 Å². The Morgan fingerprint density at radius 1 is 1.17 bits per heavy atom. The van der Waals surface area contributed by atoms with E-state index in [4.69, 9.17) is 4.74 Å². The second kappa shape index (κ2) is 7.29. The van der Waals surface area contributed by atoms with Crippen molar-refractivity contribution in [2.75, 3.05) is 44.2 Å².